The zero-order valence-electron chi connectivity index (χ0n) is 34.2. The Kier molecular flexibility index (Phi) is 15.3. The monoisotopic (exact) mass is 902 g/mol. The molecular formula is C42H42N6O15S. The van der Waals surface area contributed by atoms with Crippen LogP contribution >= 0.6 is 11.8 Å². The van der Waals surface area contributed by atoms with Crippen LogP contribution in [0.2, 0.25) is 0 Å². The summed E-state index contributed by atoms with van der Waals surface area (Å²) in [6.07, 6.45) is -4.39. The zero-order valence-corrected chi connectivity index (χ0v) is 35.0. The van der Waals surface area contributed by atoms with Crippen LogP contribution in [0.4, 0.5) is 21.0 Å². The maximum absolute atomic E-state index is 15.0. The standard InChI is InChI=1S/C42H42N6O15S/c1-59-34-17-11-30(12-18-34)26-64-42(39(50)63-38(48(57)58)31-5-3-2-4-6-31)27-45(40(51)60-23-28-7-13-32(14-8-28)46(53)54)36(37(49)44-21-19-43-20-22-44)35(42)25-62-41(52)61-24-29-9-15-33(16-10-29)47(55)56/h2-18,35-36,38,43H,19-27H2,1H3/t35?,36-,38?,42+/m0/s1. The van der Waals surface area contributed by atoms with E-state index in [1.165, 1.54) is 84.8 Å². The molecule has 0 saturated carbocycles. The third-order valence-electron chi connectivity index (χ3n) is 10.5. The van der Waals surface area contributed by atoms with Gasteiger partial charge < -0.3 is 33.9 Å². The van der Waals surface area contributed by atoms with Gasteiger partial charge in [0, 0.05) is 56.2 Å². The van der Waals surface area contributed by atoms with Crippen molar-refractivity contribution in [2.45, 2.75) is 36.0 Å². The van der Waals surface area contributed by atoms with E-state index in [4.69, 9.17) is 23.7 Å². The third-order valence-corrected chi connectivity index (χ3v) is 12.1. The fraction of sp³-hybridized carbons (Fsp3) is 0.333. The molecule has 2 saturated heterocycles. The lowest BCUT2D eigenvalue weighted by Crippen LogP contribution is -2.56. The van der Waals surface area contributed by atoms with E-state index in [1.54, 1.807) is 30.3 Å². The molecule has 4 aromatic carbocycles. The average Bonchev–Trinajstić information content (AvgIpc) is 3.66. The van der Waals surface area contributed by atoms with Gasteiger partial charge in [-0.3, -0.25) is 44.8 Å². The van der Waals surface area contributed by atoms with Crippen LogP contribution in [0.15, 0.2) is 103 Å². The molecule has 2 aliphatic heterocycles. The molecule has 0 spiro atoms. The summed E-state index contributed by atoms with van der Waals surface area (Å²) in [4.78, 5) is 93.0. The highest BCUT2D eigenvalue weighted by Gasteiger charge is 2.64. The molecule has 2 aliphatic rings. The van der Waals surface area contributed by atoms with Crippen LogP contribution in [0.3, 0.4) is 0 Å². The molecule has 2 fully saturated rings. The minimum Gasteiger partial charge on any atom is -0.497 e. The maximum Gasteiger partial charge on any atom is 0.508 e. The number of nitro groups is 3. The second-order valence-corrected chi connectivity index (χ2v) is 15.8. The van der Waals surface area contributed by atoms with E-state index in [0.717, 1.165) is 16.7 Å². The number of methoxy groups -OCH3 is 1. The van der Waals surface area contributed by atoms with Crippen LogP contribution in [0.25, 0.3) is 0 Å². The largest absolute Gasteiger partial charge is 0.508 e. The summed E-state index contributed by atoms with van der Waals surface area (Å²) >= 11 is 0.915. The van der Waals surface area contributed by atoms with Crippen molar-refractivity contribution in [3.63, 3.8) is 0 Å². The molecule has 2 amide bonds. The summed E-state index contributed by atoms with van der Waals surface area (Å²) in [6, 6.07) is 23.0. The molecular weight excluding hydrogens is 861 g/mol. The molecule has 0 radical (unpaired) electrons. The SMILES string of the molecule is COc1ccc(CS[C@]2(C(=O)OC(c3ccccc3)[N+](=O)[O-])CN(C(=O)OCc3ccc([N+](=O)[O-])cc3)[C@H](C(=O)N3CCNCC3)C2COC(=O)OCc2ccc([N+](=O)[O-])cc2)cc1. The number of esters is 1. The number of thioether (sulfide) groups is 1. The van der Waals surface area contributed by atoms with Crippen LogP contribution in [-0.2, 0) is 47.5 Å². The van der Waals surface area contributed by atoms with Gasteiger partial charge >= 0.3 is 24.4 Å². The first-order chi connectivity index (χ1) is 30.8. The number of piperazine rings is 1. The Morgan fingerprint density at radius 3 is 1.88 bits per heavy atom. The lowest BCUT2D eigenvalue weighted by molar-refractivity contribution is -0.576. The predicted octanol–water partition coefficient (Wildman–Crippen LogP) is 5.42. The summed E-state index contributed by atoms with van der Waals surface area (Å²) < 4.78 is 25.6. The predicted molar refractivity (Wildman–Crippen MR) is 225 cm³/mol. The lowest BCUT2D eigenvalue weighted by Gasteiger charge is -2.36. The number of carbonyl (C=O) groups excluding carboxylic acids is 4. The van der Waals surface area contributed by atoms with Crippen molar-refractivity contribution >= 4 is 47.3 Å². The van der Waals surface area contributed by atoms with E-state index in [-0.39, 0.29) is 42.4 Å². The Labute approximate surface area is 369 Å². The molecule has 22 heteroatoms. The first kappa shape index (κ1) is 46.2. The lowest BCUT2D eigenvalue weighted by atomic mass is 9.89. The maximum atomic E-state index is 15.0. The Balaban J connectivity index is 1.40. The Hall–Kier alpha value is -7.33. The van der Waals surface area contributed by atoms with Gasteiger partial charge in [0.25, 0.3) is 11.4 Å². The highest BCUT2D eigenvalue weighted by molar-refractivity contribution is 8.00. The van der Waals surface area contributed by atoms with Crippen molar-refractivity contribution in [1.29, 1.82) is 0 Å². The van der Waals surface area contributed by atoms with E-state index >= 15 is 4.79 Å². The number of hydrogen-bond acceptors (Lipinski definition) is 17. The van der Waals surface area contributed by atoms with Crippen molar-refractivity contribution in [2.24, 2.45) is 5.92 Å². The van der Waals surface area contributed by atoms with Gasteiger partial charge in [-0.15, -0.1) is 11.8 Å². The molecule has 2 unspecified atom stereocenters. The fourth-order valence-electron chi connectivity index (χ4n) is 7.13. The first-order valence-corrected chi connectivity index (χ1v) is 20.6. The third kappa shape index (κ3) is 11.2. The number of non-ortho nitro benzene ring substituents is 2. The van der Waals surface area contributed by atoms with Crippen molar-refractivity contribution in [2.75, 3.05) is 46.4 Å². The highest BCUT2D eigenvalue weighted by Crippen LogP contribution is 2.48. The minimum atomic E-state index is -2.08. The van der Waals surface area contributed by atoms with Crippen LogP contribution in [0, 0.1) is 36.3 Å². The quantitative estimate of drug-likeness (QED) is 0.0455. The number of nitrogens with one attached hydrogen (secondary N) is 1. The number of carbonyl (C=O) groups is 4. The Bertz CT molecular complexity index is 2320. The number of rotatable bonds is 17. The van der Waals surface area contributed by atoms with Gasteiger partial charge in [0.1, 0.15) is 36.4 Å². The summed E-state index contributed by atoms with van der Waals surface area (Å²) in [5.74, 6) is -2.77. The summed E-state index contributed by atoms with van der Waals surface area (Å²) in [5, 5.41) is 38.1. The number of benzene rings is 4. The van der Waals surface area contributed by atoms with E-state index in [2.05, 4.69) is 5.32 Å². The number of nitro benzene ring substituents is 2. The van der Waals surface area contributed by atoms with Gasteiger partial charge in [0.2, 0.25) is 5.91 Å². The molecule has 0 aromatic heterocycles. The minimum absolute atomic E-state index is 0.00881. The molecule has 0 bridgehead atoms. The van der Waals surface area contributed by atoms with Crippen LogP contribution < -0.4 is 10.1 Å². The number of likely N-dealkylation sites (tertiary alicyclic amines) is 1. The number of hydrogen-bond donors (Lipinski definition) is 1. The average molecular weight is 903 g/mol. The van der Waals surface area contributed by atoms with Gasteiger partial charge in [-0.05, 0) is 65.2 Å². The smallest absolute Gasteiger partial charge is 0.497 e. The molecule has 6 rings (SSSR count). The normalized spacial score (nSPS) is 18.6. The van der Waals surface area contributed by atoms with Gasteiger partial charge in [-0.25, -0.2) is 9.59 Å². The van der Waals surface area contributed by atoms with Crippen molar-refractivity contribution < 1.29 is 57.6 Å². The van der Waals surface area contributed by atoms with Gasteiger partial charge in [0.15, 0.2) is 0 Å². The summed E-state index contributed by atoms with van der Waals surface area (Å²) in [5.41, 5.74) is 0.992. The molecule has 64 heavy (non-hydrogen) atoms. The molecule has 4 atom stereocenters. The number of amides is 2. The zero-order chi connectivity index (χ0) is 45.8. The molecule has 1 N–H and O–H groups in total. The van der Waals surface area contributed by atoms with Crippen LogP contribution in [0.5, 0.6) is 5.75 Å². The van der Waals surface area contributed by atoms with Crippen LogP contribution in [-0.4, -0.2) is 106 Å². The Morgan fingerprint density at radius 1 is 0.766 bits per heavy atom. The molecule has 21 nitrogen and oxygen atoms in total. The van der Waals surface area contributed by atoms with Crippen LogP contribution in [0.1, 0.15) is 28.5 Å². The molecule has 0 aliphatic carbocycles. The van der Waals surface area contributed by atoms with E-state index in [1.807, 2.05) is 0 Å². The van der Waals surface area contributed by atoms with Gasteiger partial charge in [0.05, 0.1) is 39.9 Å². The number of nitrogens with zero attached hydrogens (tertiary/aromatic N) is 5. The van der Waals surface area contributed by atoms with E-state index in [0.29, 0.717) is 35.5 Å². The van der Waals surface area contributed by atoms with E-state index < -0.39 is 81.6 Å². The second-order valence-electron chi connectivity index (χ2n) is 14.5. The molecule has 336 valence electrons. The Morgan fingerprint density at radius 2 is 1.33 bits per heavy atom. The second kappa shape index (κ2) is 21.2. The van der Waals surface area contributed by atoms with Gasteiger partial charge in [-0.1, -0.05) is 30.3 Å². The summed E-state index contributed by atoms with van der Waals surface area (Å²) in [7, 11) is 1.48. The first-order valence-electron chi connectivity index (χ1n) is 19.6. The molecule has 2 heterocycles. The number of ether oxygens (including phenoxy) is 5. The van der Waals surface area contributed by atoms with Gasteiger partial charge in [-0.2, -0.15) is 0 Å². The molecule has 4 aromatic rings. The highest BCUT2D eigenvalue weighted by atomic mass is 32.2. The van der Waals surface area contributed by atoms with Crippen molar-refractivity contribution in [3.05, 3.63) is 156 Å². The van der Waals surface area contributed by atoms with Crippen molar-refractivity contribution in [3.8, 4) is 5.75 Å². The van der Waals surface area contributed by atoms with Crippen molar-refractivity contribution in [1.82, 2.24) is 15.1 Å². The topological polar surface area (TPSA) is 262 Å². The summed E-state index contributed by atoms with van der Waals surface area (Å²) in [6.45, 7) is -1.01. The fourth-order valence-corrected chi connectivity index (χ4v) is 8.56. The van der Waals surface area contributed by atoms with E-state index in [9.17, 15) is 44.7 Å².